The maximum Gasteiger partial charge on any atom is 0.272 e. The molecule has 1 aromatic carbocycles. The van der Waals surface area contributed by atoms with Crippen LogP contribution < -0.4 is 5.32 Å². The Labute approximate surface area is 147 Å². The number of nitrogens with one attached hydrogen (secondary N) is 1. The maximum atomic E-state index is 12.7. The summed E-state index contributed by atoms with van der Waals surface area (Å²) in [5.41, 5.74) is 3.50. The lowest BCUT2D eigenvalue weighted by Gasteiger charge is -2.14. The molecule has 1 unspecified atom stereocenters. The molecule has 4 rings (SSSR count). The van der Waals surface area contributed by atoms with Gasteiger partial charge in [0.15, 0.2) is 15.5 Å². The monoisotopic (exact) mass is 359 g/mol. The van der Waals surface area contributed by atoms with Gasteiger partial charge in [0.1, 0.15) is 0 Å². The van der Waals surface area contributed by atoms with E-state index in [0.717, 1.165) is 42.6 Å². The van der Waals surface area contributed by atoms with Crippen LogP contribution in [0.4, 0.5) is 0 Å². The molecule has 2 heterocycles. The molecule has 1 aliphatic heterocycles. The normalized spacial score (nSPS) is 21.7. The van der Waals surface area contributed by atoms with E-state index in [0.29, 0.717) is 12.1 Å². The topological polar surface area (TPSA) is 81.1 Å². The second-order valence-electron chi connectivity index (χ2n) is 6.80. The van der Waals surface area contributed by atoms with Crippen LogP contribution in [0.2, 0.25) is 0 Å². The molecule has 0 spiro atoms. The van der Waals surface area contributed by atoms with Gasteiger partial charge in [-0.05, 0) is 44.2 Å². The third kappa shape index (κ3) is 3.20. The van der Waals surface area contributed by atoms with Crippen molar-refractivity contribution >= 4 is 15.7 Å². The number of nitrogens with zero attached hydrogens (tertiary/aromatic N) is 2. The Morgan fingerprint density at radius 3 is 2.64 bits per heavy atom. The van der Waals surface area contributed by atoms with Gasteiger partial charge >= 0.3 is 0 Å². The van der Waals surface area contributed by atoms with Crippen LogP contribution in [0.25, 0.3) is 5.69 Å². The van der Waals surface area contributed by atoms with Gasteiger partial charge in [-0.25, -0.2) is 13.1 Å². The molecule has 2 aliphatic rings. The van der Waals surface area contributed by atoms with E-state index in [1.165, 1.54) is 0 Å². The van der Waals surface area contributed by atoms with E-state index in [-0.39, 0.29) is 23.5 Å². The summed E-state index contributed by atoms with van der Waals surface area (Å²) >= 11 is 0. The van der Waals surface area contributed by atoms with Gasteiger partial charge in [0.2, 0.25) is 0 Å². The van der Waals surface area contributed by atoms with E-state index < -0.39 is 9.84 Å². The van der Waals surface area contributed by atoms with Gasteiger partial charge in [-0.15, -0.1) is 0 Å². The molecule has 1 saturated heterocycles. The lowest BCUT2D eigenvalue weighted by atomic mass is 9.95. The van der Waals surface area contributed by atoms with Crippen molar-refractivity contribution < 1.29 is 13.2 Å². The lowest BCUT2D eigenvalue weighted by molar-refractivity contribution is 0.0934. The molecule has 0 bridgehead atoms. The number of fused-ring (bicyclic) bond motifs is 1. The maximum absolute atomic E-state index is 12.7. The predicted octanol–water partition coefficient (Wildman–Crippen LogP) is 1.67. The van der Waals surface area contributed by atoms with Crippen LogP contribution >= 0.6 is 0 Å². The van der Waals surface area contributed by atoms with Crippen molar-refractivity contribution in [2.75, 3.05) is 11.5 Å². The number of carbonyl (C=O) groups excluding carboxylic acids is 1. The third-order valence-electron chi connectivity index (χ3n) is 4.96. The highest BCUT2D eigenvalue weighted by Gasteiger charge is 2.31. The van der Waals surface area contributed by atoms with E-state index in [9.17, 15) is 13.2 Å². The zero-order valence-corrected chi connectivity index (χ0v) is 14.8. The van der Waals surface area contributed by atoms with Crippen molar-refractivity contribution in [1.29, 1.82) is 0 Å². The van der Waals surface area contributed by atoms with Crippen molar-refractivity contribution in [3.05, 3.63) is 47.3 Å². The summed E-state index contributed by atoms with van der Waals surface area (Å²) in [6, 6.07) is 9.51. The predicted molar refractivity (Wildman–Crippen MR) is 94.7 cm³/mol. The summed E-state index contributed by atoms with van der Waals surface area (Å²) < 4.78 is 25.1. The van der Waals surface area contributed by atoms with Crippen LogP contribution in [0.1, 0.15) is 41.0 Å². The zero-order chi connectivity index (χ0) is 17.4. The number of amides is 1. The first kappa shape index (κ1) is 16.3. The van der Waals surface area contributed by atoms with Crippen molar-refractivity contribution in [2.45, 2.75) is 38.1 Å². The van der Waals surface area contributed by atoms with Crippen LogP contribution in [0.15, 0.2) is 30.3 Å². The summed E-state index contributed by atoms with van der Waals surface area (Å²) in [5, 5.41) is 7.47. The summed E-state index contributed by atoms with van der Waals surface area (Å²) in [7, 11) is -3.02. The van der Waals surface area contributed by atoms with Gasteiger partial charge in [0.25, 0.3) is 5.91 Å². The quantitative estimate of drug-likeness (QED) is 0.904. The van der Waals surface area contributed by atoms with E-state index in [2.05, 4.69) is 10.4 Å². The highest BCUT2D eigenvalue weighted by atomic mass is 32.2. The first-order valence-electron chi connectivity index (χ1n) is 8.71. The summed E-state index contributed by atoms with van der Waals surface area (Å²) in [5.74, 6) is -0.0793. The van der Waals surface area contributed by atoms with Gasteiger partial charge in [0, 0.05) is 17.3 Å². The first-order valence-corrected chi connectivity index (χ1v) is 10.5. The molecule has 1 N–H and O–H groups in total. The van der Waals surface area contributed by atoms with Crippen molar-refractivity contribution in [3.63, 3.8) is 0 Å². The SMILES string of the molecule is O=C(NC1CCS(=O)(=O)C1)c1nn(-c2ccccc2)c2c1CCCC2. The summed E-state index contributed by atoms with van der Waals surface area (Å²) in [6.07, 6.45) is 4.37. The molecule has 0 saturated carbocycles. The number of sulfone groups is 1. The van der Waals surface area contributed by atoms with Gasteiger partial charge in [-0.3, -0.25) is 4.79 Å². The molecular weight excluding hydrogens is 338 g/mol. The van der Waals surface area contributed by atoms with E-state index >= 15 is 0 Å². The highest BCUT2D eigenvalue weighted by molar-refractivity contribution is 7.91. The number of aromatic nitrogens is 2. The van der Waals surface area contributed by atoms with Crippen LogP contribution in [-0.4, -0.2) is 41.7 Å². The standard InChI is InChI=1S/C18H21N3O3S/c22-18(19-13-10-11-25(23,24)12-13)17-15-8-4-5-9-16(15)21(20-17)14-6-2-1-3-7-14/h1-3,6-7,13H,4-5,8-12H2,(H,19,22). The van der Waals surface area contributed by atoms with Crippen molar-refractivity contribution in [3.8, 4) is 5.69 Å². The molecule has 25 heavy (non-hydrogen) atoms. The fraction of sp³-hybridized carbons (Fsp3) is 0.444. The Morgan fingerprint density at radius 1 is 1.16 bits per heavy atom. The number of hydrogen-bond acceptors (Lipinski definition) is 4. The molecule has 6 nitrogen and oxygen atoms in total. The fourth-order valence-electron chi connectivity index (χ4n) is 3.73. The average molecular weight is 359 g/mol. The van der Waals surface area contributed by atoms with Gasteiger partial charge in [0.05, 0.1) is 17.2 Å². The Balaban J connectivity index is 1.65. The van der Waals surface area contributed by atoms with Gasteiger partial charge in [-0.1, -0.05) is 18.2 Å². The molecule has 132 valence electrons. The highest BCUT2D eigenvalue weighted by Crippen LogP contribution is 2.27. The lowest BCUT2D eigenvalue weighted by Crippen LogP contribution is -2.36. The molecule has 1 fully saturated rings. The smallest absolute Gasteiger partial charge is 0.272 e. The van der Waals surface area contributed by atoms with Crippen LogP contribution in [0.5, 0.6) is 0 Å². The molecule has 7 heteroatoms. The fourth-order valence-corrected chi connectivity index (χ4v) is 5.40. The Bertz CT molecular complexity index is 903. The molecule has 1 amide bonds. The minimum Gasteiger partial charge on any atom is -0.347 e. The number of hydrogen-bond donors (Lipinski definition) is 1. The van der Waals surface area contributed by atoms with E-state index in [1.807, 2.05) is 35.0 Å². The van der Waals surface area contributed by atoms with Crippen molar-refractivity contribution in [2.24, 2.45) is 0 Å². The van der Waals surface area contributed by atoms with E-state index in [1.54, 1.807) is 0 Å². The Morgan fingerprint density at radius 2 is 1.92 bits per heavy atom. The van der Waals surface area contributed by atoms with Crippen LogP contribution in [-0.2, 0) is 22.7 Å². The van der Waals surface area contributed by atoms with Crippen molar-refractivity contribution in [1.82, 2.24) is 15.1 Å². The van der Waals surface area contributed by atoms with Gasteiger partial charge in [-0.2, -0.15) is 5.10 Å². The summed E-state index contributed by atoms with van der Waals surface area (Å²) in [4.78, 5) is 12.7. The van der Waals surface area contributed by atoms with E-state index in [4.69, 9.17) is 0 Å². The molecular formula is C18H21N3O3S. The minimum atomic E-state index is -3.02. The number of benzene rings is 1. The molecule has 1 aliphatic carbocycles. The Kier molecular flexibility index (Phi) is 4.11. The van der Waals surface area contributed by atoms with Gasteiger partial charge < -0.3 is 5.32 Å². The largest absolute Gasteiger partial charge is 0.347 e. The van der Waals surface area contributed by atoms with Crippen LogP contribution in [0.3, 0.4) is 0 Å². The number of para-hydroxylation sites is 1. The minimum absolute atomic E-state index is 0.0281. The summed E-state index contributed by atoms with van der Waals surface area (Å²) in [6.45, 7) is 0. The van der Waals surface area contributed by atoms with Crippen LogP contribution in [0, 0.1) is 0 Å². The molecule has 1 atom stereocenters. The number of carbonyl (C=O) groups is 1. The zero-order valence-electron chi connectivity index (χ0n) is 13.9. The second-order valence-corrected chi connectivity index (χ2v) is 9.03. The molecule has 1 aromatic heterocycles. The first-order chi connectivity index (χ1) is 12.0. The average Bonchev–Trinajstić information content (AvgIpc) is 3.16. The molecule has 0 radical (unpaired) electrons. The Hall–Kier alpha value is -2.15. The second kappa shape index (κ2) is 6.29. The number of rotatable bonds is 3. The molecule has 2 aromatic rings. The third-order valence-corrected chi connectivity index (χ3v) is 6.73.